The molecular weight excluding hydrogens is 236 g/mol. The van der Waals surface area contributed by atoms with Crippen molar-refractivity contribution in [1.29, 1.82) is 0 Å². The molecular formula is C13H9ClN2O. The number of fused-ring (bicyclic) bond motifs is 1. The summed E-state index contributed by atoms with van der Waals surface area (Å²) in [5, 5.41) is 0.599. The van der Waals surface area contributed by atoms with E-state index in [1.54, 1.807) is 12.1 Å². The van der Waals surface area contributed by atoms with Gasteiger partial charge in [-0.3, -0.25) is 0 Å². The van der Waals surface area contributed by atoms with Crippen LogP contribution in [0.25, 0.3) is 22.6 Å². The van der Waals surface area contributed by atoms with E-state index in [0.717, 1.165) is 16.7 Å². The highest BCUT2D eigenvalue weighted by Crippen LogP contribution is 2.30. The van der Waals surface area contributed by atoms with Gasteiger partial charge in [-0.1, -0.05) is 23.7 Å². The van der Waals surface area contributed by atoms with Gasteiger partial charge in [-0.15, -0.1) is 0 Å². The maximum Gasteiger partial charge on any atom is 0.229 e. The highest BCUT2D eigenvalue weighted by atomic mass is 35.5. The van der Waals surface area contributed by atoms with Gasteiger partial charge >= 0.3 is 0 Å². The molecule has 84 valence electrons. The zero-order chi connectivity index (χ0) is 11.8. The Kier molecular flexibility index (Phi) is 2.27. The Balaban J connectivity index is 2.20. The highest BCUT2D eigenvalue weighted by molar-refractivity contribution is 6.31. The monoisotopic (exact) mass is 244 g/mol. The third-order valence-corrected chi connectivity index (χ3v) is 2.77. The highest BCUT2D eigenvalue weighted by Gasteiger charge is 2.10. The Morgan fingerprint density at radius 2 is 1.94 bits per heavy atom. The van der Waals surface area contributed by atoms with E-state index in [2.05, 4.69) is 4.98 Å². The van der Waals surface area contributed by atoms with Gasteiger partial charge in [-0.25, -0.2) is 4.98 Å². The smallest absolute Gasteiger partial charge is 0.229 e. The predicted molar refractivity (Wildman–Crippen MR) is 68.9 cm³/mol. The Bertz CT molecular complexity index is 658. The standard InChI is InChI=1S/C13H9ClN2O/c14-8-5-6-9(10(15)7-8)13-16-11-3-1-2-4-12(11)17-13/h1-7H,15H2. The number of nitrogens with two attached hydrogens (primary N) is 1. The van der Waals surface area contributed by atoms with E-state index in [-0.39, 0.29) is 0 Å². The van der Waals surface area contributed by atoms with Gasteiger partial charge in [-0.05, 0) is 30.3 Å². The summed E-state index contributed by atoms with van der Waals surface area (Å²) in [7, 11) is 0. The summed E-state index contributed by atoms with van der Waals surface area (Å²) in [5.41, 5.74) is 8.77. The number of aromatic nitrogens is 1. The van der Waals surface area contributed by atoms with Gasteiger partial charge in [-0.2, -0.15) is 0 Å². The fraction of sp³-hybridized carbons (Fsp3) is 0. The van der Waals surface area contributed by atoms with Crippen LogP contribution in [0, 0.1) is 0 Å². The Morgan fingerprint density at radius 3 is 2.71 bits per heavy atom. The molecule has 0 saturated heterocycles. The van der Waals surface area contributed by atoms with Crippen molar-refractivity contribution in [2.24, 2.45) is 0 Å². The summed E-state index contributed by atoms with van der Waals surface area (Å²) in [6.07, 6.45) is 0. The third-order valence-electron chi connectivity index (χ3n) is 2.54. The maximum absolute atomic E-state index is 5.89. The second-order valence-electron chi connectivity index (χ2n) is 3.72. The van der Waals surface area contributed by atoms with Crippen LogP contribution in [0.1, 0.15) is 0 Å². The van der Waals surface area contributed by atoms with Crippen LogP contribution in [-0.4, -0.2) is 4.98 Å². The van der Waals surface area contributed by atoms with Gasteiger partial charge < -0.3 is 10.2 Å². The molecule has 0 aliphatic carbocycles. The van der Waals surface area contributed by atoms with Crippen molar-refractivity contribution in [3.05, 3.63) is 47.5 Å². The molecule has 2 N–H and O–H groups in total. The second-order valence-corrected chi connectivity index (χ2v) is 4.15. The van der Waals surface area contributed by atoms with Crippen molar-refractivity contribution in [2.75, 3.05) is 5.73 Å². The second kappa shape index (κ2) is 3.79. The minimum Gasteiger partial charge on any atom is -0.436 e. The summed E-state index contributed by atoms with van der Waals surface area (Å²) in [6, 6.07) is 12.9. The number of nitrogens with zero attached hydrogens (tertiary/aromatic N) is 1. The molecule has 4 heteroatoms. The zero-order valence-electron chi connectivity index (χ0n) is 8.85. The number of halogens is 1. The number of rotatable bonds is 1. The fourth-order valence-corrected chi connectivity index (χ4v) is 1.90. The van der Waals surface area contributed by atoms with E-state index in [0.29, 0.717) is 16.6 Å². The van der Waals surface area contributed by atoms with Crippen molar-refractivity contribution in [3.8, 4) is 11.5 Å². The molecule has 0 bridgehead atoms. The first-order valence-electron chi connectivity index (χ1n) is 5.15. The number of anilines is 1. The lowest BCUT2D eigenvalue weighted by atomic mass is 10.2. The molecule has 0 saturated carbocycles. The van der Waals surface area contributed by atoms with Gasteiger partial charge in [0.05, 0.1) is 5.56 Å². The maximum atomic E-state index is 5.89. The van der Waals surface area contributed by atoms with E-state index < -0.39 is 0 Å². The fourth-order valence-electron chi connectivity index (χ4n) is 1.72. The average Bonchev–Trinajstić information content (AvgIpc) is 2.72. The van der Waals surface area contributed by atoms with Crippen molar-refractivity contribution >= 4 is 28.4 Å². The minimum atomic E-state index is 0.514. The molecule has 1 aromatic heterocycles. The van der Waals surface area contributed by atoms with Crippen LogP contribution in [0.4, 0.5) is 5.69 Å². The Labute approximate surface area is 103 Å². The van der Waals surface area contributed by atoms with E-state index in [1.807, 2.05) is 30.3 Å². The predicted octanol–water partition coefficient (Wildman–Crippen LogP) is 3.73. The first kappa shape index (κ1) is 10.2. The molecule has 0 radical (unpaired) electrons. The third kappa shape index (κ3) is 1.74. The first-order valence-corrected chi connectivity index (χ1v) is 5.53. The Hall–Kier alpha value is -2.00. The molecule has 0 amide bonds. The minimum absolute atomic E-state index is 0.514. The normalized spacial score (nSPS) is 10.9. The van der Waals surface area contributed by atoms with Crippen LogP contribution in [0.15, 0.2) is 46.9 Å². The number of oxazole rings is 1. The van der Waals surface area contributed by atoms with E-state index in [4.69, 9.17) is 21.8 Å². The van der Waals surface area contributed by atoms with Crippen LogP contribution in [0.3, 0.4) is 0 Å². The number of hydrogen-bond donors (Lipinski definition) is 1. The van der Waals surface area contributed by atoms with E-state index in [1.165, 1.54) is 0 Å². The number of para-hydroxylation sites is 2. The van der Waals surface area contributed by atoms with Gasteiger partial charge in [0, 0.05) is 10.7 Å². The molecule has 3 rings (SSSR count). The van der Waals surface area contributed by atoms with Gasteiger partial charge in [0.1, 0.15) is 5.52 Å². The summed E-state index contributed by atoms with van der Waals surface area (Å²) in [5.74, 6) is 0.514. The van der Waals surface area contributed by atoms with Crippen LogP contribution in [-0.2, 0) is 0 Å². The number of nitrogen functional groups attached to an aromatic ring is 1. The number of benzene rings is 2. The van der Waals surface area contributed by atoms with Crippen molar-refractivity contribution < 1.29 is 4.42 Å². The average molecular weight is 245 g/mol. The van der Waals surface area contributed by atoms with Gasteiger partial charge in [0.2, 0.25) is 5.89 Å². The molecule has 2 aromatic carbocycles. The first-order chi connectivity index (χ1) is 8.24. The molecule has 0 fully saturated rings. The van der Waals surface area contributed by atoms with Gasteiger partial charge in [0.25, 0.3) is 0 Å². The van der Waals surface area contributed by atoms with Crippen molar-refractivity contribution in [3.63, 3.8) is 0 Å². The lowest BCUT2D eigenvalue weighted by molar-refractivity contribution is 0.620. The quantitative estimate of drug-likeness (QED) is 0.664. The van der Waals surface area contributed by atoms with Crippen LogP contribution < -0.4 is 5.73 Å². The van der Waals surface area contributed by atoms with Crippen LogP contribution >= 0.6 is 11.6 Å². The molecule has 0 spiro atoms. The van der Waals surface area contributed by atoms with Crippen molar-refractivity contribution in [1.82, 2.24) is 4.98 Å². The van der Waals surface area contributed by atoms with E-state index >= 15 is 0 Å². The molecule has 0 atom stereocenters. The molecule has 1 heterocycles. The largest absolute Gasteiger partial charge is 0.436 e. The zero-order valence-corrected chi connectivity index (χ0v) is 9.61. The van der Waals surface area contributed by atoms with Crippen LogP contribution in [0.5, 0.6) is 0 Å². The number of hydrogen-bond acceptors (Lipinski definition) is 3. The lowest BCUT2D eigenvalue weighted by Crippen LogP contribution is -1.89. The summed E-state index contributed by atoms with van der Waals surface area (Å²) in [4.78, 5) is 4.38. The molecule has 0 aliphatic heterocycles. The molecule has 0 aliphatic rings. The topological polar surface area (TPSA) is 52.0 Å². The van der Waals surface area contributed by atoms with Crippen molar-refractivity contribution in [2.45, 2.75) is 0 Å². The summed E-state index contributed by atoms with van der Waals surface area (Å²) < 4.78 is 5.64. The van der Waals surface area contributed by atoms with Crippen LogP contribution in [0.2, 0.25) is 5.02 Å². The SMILES string of the molecule is Nc1cc(Cl)ccc1-c1nc2ccccc2o1. The summed E-state index contributed by atoms with van der Waals surface area (Å²) >= 11 is 5.85. The lowest BCUT2D eigenvalue weighted by Gasteiger charge is -2.00. The van der Waals surface area contributed by atoms with E-state index in [9.17, 15) is 0 Å². The molecule has 3 aromatic rings. The van der Waals surface area contributed by atoms with Gasteiger partial charge in [0.15, 0.2) is 5.58 Å². The molecule has 17 heavy (non-hydrogen) atoms. The molecule has 3 nitrogen and oxygen atoms in total. The molecule has 0 unspecified atom stereocenters. The Morgan fingerprint density at radius 1 is 1.12 bits per heavy atom. The summed E-state index contributed by atoms with van der Waals surface area (Å²) in [6.45, 7) is 0.